The van der Waals surface area contributed by atoms with Gasteiger partial charge in [-0.3, -0.25) is 4.99 Å². The van der Waals surface area contributed by atoms with E-state index >= 15 is 0 Å². The summed E-state index contributed by atoms with van der Waals surface area (Å²) < 4.78 is 0. The van der Waals surface area contributed by atoms with Gasteiger partial charge in [-0.15, -0.1) is 0 Å². The number of aliphatic hydroxyl groups is 1. The van der Waals surface area contributed by atoms with Crippen LogP contribution in [0.15, 0.2) is 4.99 Å². The first-order chi connectivity index (χ1) is 5.70. The van der Waals surface area contributed by atoms with Crippen LogP contribution in [-0.2, 0) is 0 Å². The predicted octanol–water partition coefficient (Wildman–Crippen LogP) is -1.38. The van der Waals surface area contributed by atoms with Gasteiger partial charge in [0, 0.05) is 19.6 Å². The van der Waals surface area contributed by atoms with Crippen LogP contribution in [0.2, 0.25) is 0 Å². The molecule has 0 rings (SSSR count). The SMILES string of the molecule is CN=C(N)NCCC[C@H](N)CO. The molecule has 0 bridgehead atoms. The Balaban J connectivity index is 3.21. The Kier molecular flexibility index (Phi) is 6.41. The fourth-order valence-corrected chi connectivity index (χ4v) is 0.751. The number of nitrogens with one attached hydrogen (secondary N) is 1. The van der Waals surface area contributed by atoms with Gasteiger partial charge in [-0.25, -0.2) is 0 Å². The van der Waals surface area contributed by atoms with E-state index in [0.29, 0.717) is 5.96 Å². The highest BCUT2D eigenvalue weighted by Crippen LogP contribution is 1.90. The molecule has 0 fully saturated rings. The summed E-state index contributed by atoms with van der Waals surface area (Å²) in [6.07, 6.45) is 1.68. The highest BCUT2D eigenvalue weighted by atomic mass is 16.3. The minimum atomic E-state index is -0.119. The van der Waals surface area contributed by atoms with Crippen LogP contribution in [0.3, 0.4) is 0 Å². The zero-order valence-corrected chi connectivity index (χ0v) is 7.45. The van der Waals surface area contributed by atoms with Crippen molar-refractivity contribution in [1.82, 2.24) is 5.32 Å². The molecule has 0 saturated carbocycles. The van der Waals surface area contributed by atoms with Crippen molar-refractivity contribution in [1.29, 1.82) is 0 Å². The minimum Gasteiger partial charge on any atom is -0.395 e. The molecule has 0 spiro atoms. The normalized spacial score (nSPS) is 14.4. The molecule has 0 unspecified atom stereocenters. The topological polar surface area (TPSA) is 96.7 Å². The molecule has 0 aliphatic carbocycles. The average Bonchev–Trinajstić information content (AvgIpc) is 2.11. The first-order valence-electron chi connectivity index (χ1n) is 4.03. The Morgan fingerprint density at radius 1 is 1.67 bits per heavy atom. The largest absolute Gasteiger partial charge is 0.395 e. The quantitative estimate of drug-likeness (QED) is 0.235. The zero-order valence-electron chi connectivity index (χ0n) is 7.45. The average molecular weight is 174 g/mol. The third-order valence-corrected chi connectivity index (χ3v) is 1.53. The lowest BCUT2D eigenvalue weighted by atomic mass is 10.2. The molecule has 5 nitrogen and oxygen atoms in total. The number of aliphatic imine (C=N–C) groups is 1. The summed E-state index contributed by atoms with van der Waals surface area (Å²) in [5.74, 6) is 0.438. The van der Waals surface area contributed by atoms with E-state index in [0.717, 1.165) is 19.4 Å². The summed E-state index contributed by atoms with van der Waals surface area (Å²) in [6.45, 7) is 0.786. The summed E-state index contributed by atoms with van der Waals surface area (Å²) in [4.78, 5) is 3.73. The van der Waals surface area contributed by atoms with E-state index in [2.05, 4.69) is 10.3 Å². The fourth-order valence-electron chi connectivity index (χ4n) is 0.751. The third-order valence-electron chi connectivity index (χ3n) is 1.53. The fraction of sp³-hybridized carbons (Fsp3) is 0.857. The maximum Gasteiger partial charge on any atom is 0.188 e. The summed E-state index contributed by atoms with van der Waals surface area (Å²) in [7, 11) is 1.63. The van der Waals surface area contributed by atoms with Crippen molar-refractivity contribution >= 4 is 5.96 Å². The Bertz CT molecular complexity index is 137. The lowest BCUT2D eigenvalue weighted by Gasteiger charge is -2.08. The number of hydrogen-bond acceptors (Lipinski definition) is 3. The Labute approximate surface area is 72.8 Å². The van der Waals surface area contributed by atoms with E-state index in [4.69, 9.17) is 16.6 Å². The first kappa shape index (κ1) is 11.2. The van der Waals surface area contributed by atoms with Crippen LogP contribution in [0.5, 0.6) is 0 Å². The monoisotopic (exact) mass is 174 g/mol. The van der Waals surface area contributed by atoms with Crippen molar-refractivity contribution in [3.8, 4) is 0 Å². The summed E-state index contributed by atoms with van der Waals surface area (Å²) in [5, 5.41) is 11.5. The molecule has 0 radical (unpaired) electrons. The Morgan fingerprint density at radius 2 is 2.33 bits per heavy atom. The molecule has 72 valence electrons. The van der Waals surface area contributed by atoms with Crippen LogP contribution in [0, 0.1) is 0 Å². The van der Waals surface area contributed by atoms with Gasteiger partial charge in [-0.2, -0.15) is 0 Å². The molecule has 0 aromatic heterocycles. The van der Waals surface area contributed by atoms with Crippen LogP contribution in [-0.4, -0.2) is 37.3 Å². The Hall–Kier alpha value is -0.810. The van der Waals surface area contributed by atoms with Crippen LogP contribution < -0.4 is 16.8 Å². The number of aliphatic hydroxyl groups excluding tert-OH is 1. The number of nitrogens with two attached hydrogens (primary N) is 2. The van der Waals surface area contributed by atoms with Gasteiger partial charge < -0.3 is 21.9 Å². The molecule has 0 saturated heterocycles. The molecule has 0 aromatic rings. The van der Waals surface area contributed by atoms with Gasteiger partial charge in [0.25, 0.3) is 0 Å². The standard InChI is InChI=1S/C7H18N4O/c1-10-7(9)11-4-2-3-6(8)5-12/h6,12H,2-5,8H2,1H3,(H3,9,10,11)/t6-/m0/s1. The van der Waals surface area contributed by atoms with Crippen LogP contribution in [0.25, 0.3) is 0 Å². The second-order valence-electron chi connectivity index (χ2n) is 2.62. The summed E-state index contributed by atoms with van der Waals surface area (Å²) in [6, 6.07) is -0.119. The smallest absolute Gasteiger partial charge is 0.188 e. The Morgan fingerprint density at radius 3 is 2.83 bits per heavy atom. The van der Waals surface area contributed by atoms with Crippen molar-refractivity contribution in [2.45, 2.75) is 18.9 Å². The lowest BCUT2D eigenvalue weighted by Crippen LogP contribution is -2.33. The van der Waals surface area contributed by atoms with Crippen LogP contribution in [0.4, 0.5) is 0 Å². The molecule has 0 amide bonds. The summed E-state index contributed by atoms with van der Waals surface area (Å²) >= 11 is 0. The lowest BCUT2D eigenvalue weighted by molar-refractivity contribution is 0.258. The van der Waals surface area contributed by atoms with E-state index in [1.165, 1.54) is 0 Å². The molecule has 5 heteroatoms. The first-order valence-corrected chi connectivity index (χ1v) is 4.03. The van der Waals surface area contributed by atoms with E-state index in [-0.39, 0.29) is 12.6 Å². The van der Waals surface area contributed by atoms with Crippen molar-refractivity contribution in [2.24, 2.45) is 16.5 Å². The molecule has 0 aromatic carbocycles. The third kappa shape index (κ3) is 5.94. The van der Waals surface area contributed by atoms with Crippen molar-refractivity contribution < 1.29 is 5.11 Å². The van der Waals surface area contributed by atoms with Gasteiger partial charge >= 0.3 is 0 Å². The molecular formula is C7H18N4O. The zero-order chi connectivity index (χ0) is 9.40. The van der Waals surface area contributed by atoms with Gasteiger partial charge in [-0.1, -0.05) is 0 Å². The number of guanidine groups is 1. The van der Waals surface area contributed by atoms with Crippen molar-refractivity contribution in [3.63, 3.8) is 0 Å². The van der Waals surface area contributed by atoms with Gasteiger partial charge in [0.15, 0.2) is 5.96 Å². The van der Waals surface area contributed by atoms with E-state index < -0.39 is 0 Å². The molecule has 12 heavy (non-hydrogen) atoms. The van der Waals surface area contributed by atoms with Gasteiger partial charge in [0.1, 0.15) is 0 Å². The number of hydrogen-bond donors (Lipinski definition) is 4. The highest BCUT2D eigenvalue weighted by molar-refractivity contribution is 5.77. The van der Waals surface area contributed by atoms with Gasteiger partial charge in [0.2, 0.25) is 0 Å². The molecule has 0 heterocycles. The molecule has 6 N–H and O–H groups in total. The van der Waals surface area contributed by atoms with Gasteiger partial charge in [0.05, 0.1) is 6.61 Å². The van der Waals surface area contributed by atoms with Crippen LogP contribution >= 0.6 is 0 Å². The number of rotatable bonds is 5. The predicted molar refractivity (Wildman–Crippen MR) is 49.8 cm³/mol. The van der Waals surface area contributed by atoms with Crippen molar-refractivity contribution in [2.75, 3.05) is 20.2 Å². The van der Waals surface area contributed by atoms with Gasteiger partial charge in [-0.05, 0) is 12.8 Å². The number of nitrogens with zero attached hydrogens (tertiary/aromatic N) is 1. The maximum atomic E-state index is 8.60. The van der Waals surface area contributed by atoms with Crippen LogP contribution in [0.1, 0.15) is 12.8 Å². The minimum absolute atomic E-state index is 0.0390. The molecule has 0 aliphatic rings. The van der Waals surface area contributed by atoms with Crippen molar-refractivity contribution in [3.05, 3.63) is 0 Å². The molecule has 1 atom stereocenters. The molecular weight excluding hydrogens is 156 g/mol. The molecule has 0 aliphatic heterocycles. The second-order valence-corrected chi connectivity index (χ2v) is 2.62. The second kappa shape index (κ2) is 6.87. The highest BCUT2D eigenvalue weighted by Gasteiger charge is 1.98. The van der Waals surface area contributed by atoms with E-state index in [1.54, 1.807) is 7.05 Å². The van der Waals surface area contributed by atoms with E-state index in [9.17, 15) is 0 Å². The summed E-state index contributed by atoms with van der Waals surface area (Å²) in [5.41, 5.74) is 10.9. The van der Waals surface area contributed by atoms with E-state index in [1.807, 2.05) is 0 Å². The maximum absolute atomic E-state index is 8.60.